The van der Waals surface area contributed by atoms with Gasteiger partial charge in [-0.1, -0.05) is 52.3 Å². The average Bonchev–Trinajstić information content (AvgIpc) is 2.64. The molecule has 2 aromatic carbocycles. The van der Waals surface area contributed by atoms with Gasteiger partial charge in [0, 0.05) is 0 Å². The molecule has 6 heteroatoms. The lowest BCUT2D eigenvalue weighted by molar-refractivity contribution is -0.132. The largest absolute Gasteiger partial charge is 0.464 e. The number of rotatable bonds is 6. The van der Waals surface area contributed by atoms with Gasteiger partial charge in [0.15, 0.2) is 11.5 Å². The van der Waals surface area contributed by atoms with Gasteiger partial charge in [0.25, 0.3) is 0 Å². The zero-order chi connectivity index (χ0) is 18.2. The van der Waals surface area contributed by atoms with Crippen LogP contribution in [0.2, 0.25) is 0 Å². The fourth-order valence-corrected chi connectivity index (χ4v) is 2.17. The summed E-state index contributed by atoms with van der Waals surface area (Å²) in [5.41, 5.74) is 3.23. The number of hydrogen-bond acceptors (Lipinski definition) is 6. The van der Waals surface area contributed by atoms with E-state index in [0.29, 0.717) is 17.0 Å². The summed E-state index contributed by atoms with van der Waals surface area (Å²) in [6.07, 6.45) is 0. The first-order valence-electron chi connectivity index (χ1n) is 7.64. The highest BCUT2D eigenvalue weighted by atomic mass is 16.6. The molecule has 25 heavy (non-hydrogen) atoms. The molecule has 130 valence electrons. The number of methoxy groups -OCH3 is 1. The fourth-order valence-electron chi connectivity index (χ4n) is 2.17. The number of para-hydroxylation sites is 1. The first kappa shape index (κ1) is 18.2. The molecule has 0 spiro atoms. The lowest BCUT2D eigenvalue weighted by Crippen LogP contribution is -2.18. The summed E-state index contributed by atoms with van der Waals surface area (Å²) >= 11 is 0. The lowest BCUT2D eigenvalue weighted by Gasteiger charge is -2.09. The Balaban J connectivity index is 2.33. The van der Waals surface area contributed by atoms with Crippen LogP contribution in [-0.2, 0) is 14.4 Å². The highest BCUT2D eigenvalue weighted by molar-refractivity contribution is 6.43. The molecule has 0 aromatic heterocycles. The molecule has 2 aromatic rings. The summed E-state index contributed by atoms with van der Waals surface area (Å²) in [4.78, 5) is 22.2. The number of nitrogens with zero attached hydrogens (tertiary/aromatic N) is 2. The molecule has 2 rings (SSSR count). The molecule has 6 nitrogen and oxygen atoms in total. The Kier molecular flexibility index (Phi) is 6.28. The van der Waals surface area contributed by atoms with Crippen LogP contribution in [0.3, 0.4) is 0 Å². The van der Waals surface area contributed by atoms with Crippen molar-refractivity contribution in [1.29, 1.82) is 0 Å². The van der Waals surface area contributed by atoms with E-state index in [2.05, 4.69) is 10.3 Å². The van der Waals surface area contributed by atoms with Gasteiger partial charge in [0.05, 0.1) is 18.4 Å². The van der Waals surface area contributed by atoms with E-state index < -0.39 is 5.97 Å². The fraction of sp³-hybridized carbons (Fsp3) is 0.211. The standard InChI is InChI=1S/C19H20N2O4/c1-13-8-7-9-15(12-13)14(2)20-25-17-11-6-5-10-16(17)18(21-24-4)19(22)23-3/h5-12H,1-4H3/b20-14-,21-18+. The Labute approximate surface area is 146 Å². The molecule has 0 aliphatic heterocycles. The van der Waals surface area contributed by atoms with E-state index >= 15 is 0 Å². The number of ether oxygens (including phenoxy) is 1. The van der Waals surface area contributed by atoms with Crippen molar-refractivity contribution in [2.24, 2.45) is 10.3 Å². The van der Waals surface area contributed by atoms with Crippen LogP contribution in [0, 0.1) is 6.92 Å². The van der Waals surface area contributed by atoms with E-state index in [4.69, 9.17) is 14.4 Å². The van der Waals surface area contributed by atoms with Gasteiger partial charge in [-0.15, -0.1) is 0 Å². The Hall–Kier alpha value is -3.15. The summed E-state index contributed by atoms with van der Waals surface area (Å²) in [6, 6.07) is 14.8. The molecule has 0 N–H and O–H groups in total. The summed E-state index contributed by atoms with van der Waals surface area (Å²) in [7, 11) is 2.63. The summed E-state index contributed by atoms with van der Waals surface area (Å²) in [6.45, 7) is 3.86. The highest BCUT2D eigenvalue weighted by Crippen LogP contribution is 2.20. The second-order valence-corrected chi connectivity index (χ2v) is 5.25. The minimum Gasteiger partial charge on any atom is -0.464 e. The molecule has 0 radical (unpaired) electrons. The molecule has 0 saturated heterocycles. The van der Waals surface area contributed by atoms with E-state index in [1.165, 1.54) is 14.2 Å². The van der Waals surface area contributed by atoms with Crippen molar-refractivity contribution in [1.82, 2.24) is 0 Å². The summed E-state index contributed by atoms with van der Waals surface area (Å²) in [5.74, 6) is -0.256. The van der Waals surface area contributed by atoms with Crippen molar-refractivity contribution >= 4 is 17.4 Å². The van der Waals surface area contributed by atoms with Gasteiger partial charge in [-0.3, -0.25) is 0 Å². The van der Waals surface area contributed by atoms with Crippen molar-refractivity contribution in [3.63, 3.8) is 0 Å². The van der Waals surface area contributed by atoms with Crippen molar-refractivity contribution in [2.45, 2.75) is 13.8 Å². The maximum absolute atomic E-state index is 11.9. The monoisotopic (exact) mass is 340 g/mol. The number of hydrogen-bond donors (Lipinski definition) is 0. The molecule has 0 heterocycles. The van der Waals surface area contributed by atoms with Gasteiger partial charge in [-0.2, -0.15) is 0 Å². The van der Waals surface area contributed by atoms with Crippen LogP contribution < -0.4 is 4.84 Å². The average molecular weight is 340 g/mol. The number of carbonyl (C=O) groups excluding carboxylic acids is 1. The van der Waals surface area contributed by atoms with Crippen LogP contribution in [0.4, 0.5) is 0 Å². The van der Waals surface area contributed by atoms with E-state index in [1.807, 2.05) is 38.1 Å². The van der Waals surface area contributed by atoms with Gasteiger partial charge in [-0.05, 0) is 31.5 Å². The Morgan fingerprint density at radius 2 is 1.76 bits per heavy atom. The van der Waals surface area contributed by atoms with Crippen molar-refractivity contribution < 1.29 is 19.2 Å². The molecule has 0 saturated carbocycles. The van der Waals surface area contributed by atoms with Crippen LogP contribution in [0.15, 0.2) is 58.8 Å². The Bertz CT molecular complexity index is 813. The minimum atomic E-state index is -0.628. The SMILES string of the molecule is CO/N=C(/C(=O)OC)c1ccccc1O/N=C(/C)c1cccc(C)c1. The van der Waals surface area contributed by atoms with Crippen LogP contribution in [0.25, 0.3) is 0 Å². The Morgan fingerprint density at radius 1 is 1.00 bits per heavy atom. The molecule has 0 unspecified atom stereocenters. The third-order valence-corrected chi connectivity index (χ3v) is 3.42. The normalized spacial score (nSPS) is 11.8. The number of esters is 1. The number of benzene rings is 2. The second-order valence-electron chi connectivity index (χ2n) is 5.25. The number of carbonyl (C=O) groups is 1. The maximum Gasteiger partial charge on any atom is 0.360 e. The van der Waals surface area contributed by atoms with Gasteiger partial charge in [0.1, 0.15) is 7.11 Å². The lowest BCUT2D eigenvalue weighted by atomic mass is 10.1. The van der Waals surface area contributed by atoms with Gasteiger partial charge in [0.2, 0.25) is 0 Å². The third kappa shape index (κ3) is 4.67. The van der Waals surface area contributed by atoms with Gasteiger partial charge < -0.3 is 14.4 Å². The summed E-state index contributed by atoms with van der Waals surface area (Å²) < 4.78 is 4.74. The molecule has 0 atom stereocenters. The zero-order valence-electron chi connectivity index (χ0n) is 14.6. The van der Waals surface area contributed by atoms with Gasteiger partial charge >= 0.3 is 5.97 Å². The molecule has 0 amide bonds. The molecular formula is C19H20N2O4. The number of oxime groups is 2. The Morgan fingerprint density at radius 3 is 2.44 bits per heavy atom. The van der Waals surface area contributed by atoms with Crippen LogP contribution in [0.5, 0.6) is 5.75 Å². The quantitative estimate of drug-likeness (QED) is 0.459. The molecule has 0 aliphatic rings. The predicted octanol–water partition coefficient (Wildman–Crippen LogP) is 3.32. The van der Waals surface area contributed by atoms with Crippen molar-refractivity contribution in [3.05, 3.63) is 65.2 Å². The smallest absolute Gasteiger partial charge is 0.360 e. The van der Waals surface area contributed by atoms with E-state index in [1.54, 1.807) is 24.3 Å². The molecule has 0 bridgehead atoms. The summed E-state index contributed by atoms with van der Waals surface area (Å²) in [5, 5.41) is 7.90. The second kappa shape index (κ2) is 8.63. The molecule has 0 fully saturated rings. The molecular weight excluding hydrogens is 320 g/mol. The van der Waals surface area contributed by atoms with Gasteiger partial charge in [-0.25, -0.2) is 4.79 Å². The van der Waals surface area contributed by atoms with Crippen molar-refractivity contribution in [3.8, 4) is 5.75 Å². The topological polar surface area (TPSA) is 69.5 Å². The van der Waals surface area contributed by atoms with E-state index in [9.17, 15) is 4.79 Å². The predicted molar refractivity (Wildman–Crippen MR) is 96.0 cm³/mol. The van der Waals surface area contributed by atoms with Crippen LogP contribution in [-0.4, -0.2) is 31.6 Å². The first-order chi connectivity index (χ1) is 12.1. The third-order valence-electron chi connectivity index (χ3n) is 3.42. The number of aryl methyl sites for hydroxylation is 1. The van der Waals surface area contributed by atoms with Crippen molar-refractivity contribution in [2.75, 3.05) is 14.2 Å². The van der Waals surface area contributed by atoms with Crippen LogP contribution >= 0.6 is 0 Å². The first-order valence-corrected chi connectivity index (χ1v) is 7.64. The van der Waals surface area contributed by atoms with E-state index in [-0.39, 0.29) is 5.71 Å². The zero-order valence-corrected chi connectivity index (χ0v) is 14.6. The van der Waals surface area contributed by atoms with Crippen LogP contribution in [0.1, 0.15) is 23.6 Å². The maximum atomic E-state index is 11.9. The minimum absolute atomic E-state index is 0.00371. The highest BCUT2D eigenvalue weighted by Gasteiger charge is 2.20. The van der Waals surface area contributed by atoms with E-state index in [0.717, 1.165) is 11.1 Å². The molecule has 0 aliphatic carbocycles.